The molecule has 0 radical (unpaired) electrons. The summed E-state index contributed by atoms with van der Waals surface area (Å²) in [6, 6.07) is 3.46. The van der Waals surface area contributed by atoms with E-state index in [1.54, 1.807) is 0 Å². The van der Waals surface area contributed by atoms with Crippen LogP contribution in [0.2, 0.25) is 0 Å². The van der Waals surface area contributed by atoms with Gasteiger partial charge in [-0.3, -0.25) is 0 Å². The molecule has 0 aliphatic heterocycles. The van der Waals surface area contributed by atoms with Gasteiger partial charge in [0.1, 0.15) is 5.82 Å². The number of hydrogen-bond acceptors (Lipinski definition) is 2. The van der Waals surface area contributed by atoms with Crippen molar-refractivity contribution in [2.45, 2.75) is 10.2 Å². The first-order valence-corrected chi connectivity index (χ1v) is 6.67. The van der Waals surface area contributed by atoms with E-state index < -0.39 is 14.9 Å². The van der Waals surface area contributed by atoms with Crippen LogP contribution >= 0.6 is 26.6 Å². The Morgan fingerprint density at radius 2 is 2.08 bits per heavy atom. The predicted molar refractivity (Wildman–Crippen MR) is 52.1 cm³/mol. The molecule has 0 heterocycles. The van der Waals surface area contributed by atoms with Crippen LogP contribution in [-0.2, 0) is 14.4 Å². The van der Waals surface area contributed by atoms with E-state index in [4.69, 9.17) is 10.7 Å². The molecule has 13 heavy (non-hydrogen) atoms. The minimum atomic E-state index is -3.87. The fraction of sp³-hybridized carbons (Fsp3) is 0.143. The summed E-state index contributed by atoms with van der Waals surface area (Å²) in [6.07, 6.45) is 0. The molecule has 2 nitrogen and oxygen atoms in total. The lowest BCUT2D eigenvalue weighted by Gasteiger charge is -2.02. The standard InChI is InChI=1S/C7H5BrClFO2S/c8-4-5-1-2-6(10)3-7(5)13(9,11)12/h1-3H,4H2. The van der Waals surface area contributed by atoms with Gasteiger partial charge in [-0.05, 0) is 17.7 Å². The Morgan fingerprint density at radius 3 is 2.54 bits per heavy atom. The van der Waals surface area contributed by atoms with E-state index in [9.17, 15) is 12.8 Å². The van der Waals surface area contributed by atoms with Crippen molar-refractivity contribution in [1.82, 2.24) is 0 Å². The number of halogens is 3. The lowest BCUT2D eigenvalue weighted by Crippen LogP contribution is -1.97. The maximum absolute atomic E-state index is 12.7. The second-order valence-corrected chi connectivity index (χ2v) is 5.42. The molecule has 1 rings (SSSR count). The highest BCUT2D eigenvalue weighted by atomic mass is 79.9. The molecule has 0 atom stereocenters. The molecule has 0 N–H and O–H groups in total. The number of hydrogen-bond donors (Lipinski definition) is 0. The van der Waals surface area contributed by atoms with E-state index in [0.717, 1.165) is 6.07 Å². The SMILES string of the molecule is O=S(=O)(Cl)c1cc(F)ccc1CBr. The average Bonchev–Trinajstić information content (AvgIpc) is 2.03. The van der Waals surface area contributed by atoms with Crippen molar-refractivity contribution in [3.8, 4) is 0 Å². The zero-order chi connectivity index (χ0) is 10.1. The van der Waals surface area contributed by atoms with Crippen LogP contribution in [0.1, 0.15) is 5.56 Å². The molecule has 0 aliphatic rings. The van der Waals surface area contributed by atoms with Crippen molar-refractivity contribution >= 4 is 35.7 Å². The third kappa shape index (κ3) is 2.65. The van der Waals surface area contributed by atoms with Crippen LogP contribution in [0.5, 0.6) is 0 Å². The van der Waals surface area contributed by atoms with Crippen LogP contribution < -0.4 is 0 Å². The molecule has 1 aromatic carbocycles. The Labute approximate surface area is 88.3 Å². The summed E-state index contributed by atoms with van der Waals surface area (Å²) in [5.41, 5.74) is 0.441. The van der Waals surface area contributed by atoms with Gasteiger partial charge in [-0.25, -0.2) is 12.8 Å². The summed E-state index contributed by atoms with van der Waals surface area (Å²) in [4.78, 5) is -0.189. The molecule has 0 amide bonds. The molecule has 6 heteroatoms. The molecule has 72 valence electrons. The second kappa shape index (κ2) is 3.94. The zero-order valence-corrected chi connectivity index (χ0v) is 9.46. The summed E-state index contributed by atoms with van der Waals surface area (Å²) in [6.45, 7) is 0. The van der Waals surface area contributed by atoms with Crippen LogP contribution in [0.3, 0.4) is 0 Å². The van der Waals surface area contributed by atoms with Gasteiger partial charge in [0.15, 0.2) is 0 Å². The molecule has 1 aromatic rings. The molecule has 0 aliphatic carbocycles. The summed E-state index contributed by atoms with van der Waals surface area (Å²) < 4.78 is 34.6. The molecule has 0 unspecified atom stereocenters. The predicted octanol–water partition coefficient (Wildman–Crippen LogP) is 2.65. The van der Waals surface area contributed by atoms with E-state index in [0.29, 0.717) is 10.9 Å². The third-order valence-electron chi connectivity index (χ3n) is 1.44. The molecule has 0 saturated carbocycles. The molecule has 0 spiro atoms. The van der Waals surface area contributed by atoms with Gasteiger partial charge in [-0.1, -0.05) is 22.0 Å². The molecule has 0 aromatic heterocycles. The van der Waals surface area contributed by atoms with Gasteiger partial charge in [0.05, 0.1) is 4.90 Å². The molecular formula is C7H5BrClFO2S. The quantitative estimate of drug-likeness (QED) is 0.619. The van der Waals surface area contributed by atoms with Gasteiger partial charge in [-0.2, -0.15) is 0 Å². The molecule has 0 saturated heterocycles. The lowest BCUT2D eigenvalue weighted by molar-refractivity contribution is 0.601. The zero-order valence-electron chi connectivity index (χ0n) is 6.30. The number of benzene rings is 1. The fourth-order valence-electron chi connectivity index (χ4n) is 0.866. The van der Waals surface area contributed by atoms with E-state index in [1.807, 2.05) is 0 Å². The highest BCUT2D eigenvalue weighted by molar-refractivity contribution is 9.08. The van der Waals surface area contributed by atoms with Gasteiger partial charge in [0.2, 0.25) is 0 Å². The van der Waals surface area contributed by atoms with Gasteiger partial charge < -0.3 is 0 Å². The highest BCUT2D eigenvalue weighted by Gasteiger charge is 2.15. The van der Waals surface area contributed by atoms with Crippen LogP contribution in [0.25, 0.3) is 0 Å². The highest BCUT2D eigenvalue weighted by Crippen LogP contribution is 2.22. The lowest BCUT2D eigenvalue weighted by atomic mass is 10.2. The maximum Gasteiger partial charge on any atom is 0.261 e. The topological polar surface area (TPSA) is 34.1 Å². The second-order valence-electron chi connectivity index (χ2n) is 2.32. The molecular weight excluding hydrogens is 282 g/mol. The first kappa shape index (κ1) is 10.9. The number of alkyl halides is 1. The monoisotopic (exact) mass is 286 g/mol. The largest absolute Gasteiger partial charge is 0.261 e. The van der Waals surface area contributed by atoms with Gasteiger partial charge in [0.25, 0.3) is 9.05 Å². The van der Waals surface area contributed by atoms with Crippen molar-refractivity contribution in [2.24, 2.45) is 0 Å². The van der Waals surface area contributed by atoms with Crippen molar-refractivity contribution in [3.63, 3.8) is 0 Å². The summed E-state index contributed by atoms with van der Waals surface area (Å²) >= 11 is 3.08. The van der Waals surface area contributed by atoms with Crippen LogP contribution in [0, 0.1) is 5.82 Å². The first-order chi connectivity index (χ1) is 5.95. The fourth-order valence-corrected chi connectivity index (χ4v) is 2.68. The Morgan fingerprint density at radius 1 is 1.46 bits per heavy atom. The van der Waals surface area contributed by atoms with Crippen molar-refractivity contribution in [2.75, 3.05) is 0 Å². The third-order valence-corrected chi connectivity index (χ3v) is 3.44. The minimum absolute atomic E-state index is 0.189. The van der Waals surface area contributed by atoms with Crippen molar-refractivity contribution in [3.05, 3.63) is 29.6 Å². The normalized spacial score (nSPS) is 11.6. The Kier molecular flexibility index (Phi) is 3.32. The Balaban J connectivity index is 3.41. The van der Waals surface area contributed by atoms with Crippen LogP contribution in [-0.4, -0.2) is 8.42 Å². The van der Waals surface area contributed by atoms with E-state index in [2.05, 4.69) is 15.9 Å². The first-order valence-electron chi connectivity index (χ1n) is 3.24. The Hall–Kier alpha value is -0.130. The summed E-state index contributed by atoms with van der Waals surface area (Å²) in [5.74, 6) is -0.621. The smallest absolute Gasteiger partial charge is 0.207 e. The maximum atomic E-state index is 12.7. The van der Waals surface area contributed by atoms with E-state index >= 15 is 0 Å². The average molecular weight is 288 g/mol. The van der Waals surface area contributed by atoms with E-state index in [-0.39, 0.29) is 4.90 Å². The van der Waals surface area contributed by atoms with Gasteiger partial charge >= 0.3 is 0 Å². The Bertz CT molecular complexity index is 419. The van der Waals surface area contributed by atoms with Crippen molar-refractivity contribution < 1.29 is 12.8 Å². The summed E-state index contributed by atoms with van der Waals surface area (Å²) in [7, 11) is 1.23. The van der Waals surface area contributed by atoms with Crippen molar-refractivity contribution in [1.29, 1.82) is 0 Å². The van der Waals surface area contributed by atoms with Crippen LogP contribution in [0.15, 0.2) is 23.1 Å². The summed E-state index contributed by atoms with van der Waals surface area (Å²) in [5, 5.41) is 0.314. The minimum Gasteiger partial charge on any atom is -0.207 e. The molecule has 0 fully saturated rings. The van der Waals surface area contributed by atoms with E-state index in [1.165, 1.54) is 12.1 Å². The van der Waals surface area contributed by atoms with Crippen LogP contribution in [0.4, 0.5) is 4.39 Å². The van der Waals surface area contributed by atoms with Gasteiger partial charge in [-0.15, -0.1) is 0 Å². The number of rotatable bonds is 2. The van der Waals surface area contributed by atoms with Gasteiger partial charge in [0, 0.05) is 16.0 Å². The molecule has 0 bridgehead atoms.